The molecule has 0 fully saturated rings. The number of nitrogens with one attached hydrogen (secondary N) is 2. The molecule has 0 radical (unpaired) electrons. The fourth-order valence-corrected chi connectivity index (χ4v) is 7.37. The topological polar surface area (TPSA) is 251 Å². The quantitative estimate of drug-likeness (QED) is 0.114. The smallest absolute Gasteiger partial charge is 0.334 e. The first-order chi connectivity index (χ1) is 17.0. The van der Waals surface area contributed by atoms with Gasteiger partial charge in [0.05, 0.1) is 43.6 Å². The SMILES string of the molecule is CC(=O)N(CC(O)C(=O)O)c1c(I)c(C(=O)NCC(O)C(=O)O)c(I)c(C(=O)NCC(O)C(=O)O)c1I. The van der Waals surface area contributed by atoms with E-state index in [0.29, 0.717) is 0 Å². The number of hydrogen-bond acceptors (Lipinski definition) is 9. The number of rotatable bonds is 12. The normalized spacial score (nSPS) is 13.2. The molecule has 0 spiro atoms. The van der Waals surface area contributed by atoms with Gasteiger partial charge in [0.25, 0.3) is 11.8 Å². The number of halogens is 3. The fourth-order valence-electron chi connectivity index (χ4n) is 2.65. The van der Waals surface area contributed by atoms with E-state index in [1.165, 1.54) is 0 Å². The van der Waals surface area contributed by atoms with Gasteiger partial charge in [-0.3, -0.25) is 14.4 Å². The molecule has 0 heterocycles. The molecule has 0 aromatic heterocycles. The summed E-state index contributed by atoms with van der Waals surface area (Å²) in [5.74, 6) is -7.58. The Morgan fingerprint density at radius 2 is 1.05 bits per heavy atom. The zero-order valence-corrected chi connectivity index (χ0v) is 25.0. The molecule has 1 aromatic carbocycles. The molecule has 0 saturated heterocycles. The molecule has 0 bridgehead atoms. The van der Waals surface area contributed by atoms with Gasteiger partial charge in [0.1, 0.15) is 0 Å². The van der Waals surface area contributed by atoms with Crippen molar-refractivity contribution in [1.82, 2.24) is 10.6 Å². The second-order valence-electron chi connectivity index (χ2n) is 7.15. The lowest BCUT2D eigenvalue weighted by molar-refractivity contribution is -0.147. The summed E-state index contributed by atoms with van der Waals surface area (Å²) < 4.78 is 0.00862. The predicted octanol–water partition coefficient (Wildman–Crippen LogP) is -1.35. The van der Waals surface area contributed by atoms with Crippen molar-refractivity contribution in [3.8, 4) is 0 Å². The number of carbonyl (C=O) groups is 6. The first kappa shape index (κ1) is 33.1. The highest BCUT2D eigenvalue weighted by atomic mass is 127. The second kappa shape index (κ2) is 14.3. The number of carboxylic acids is 3. The van der Waals surface area contributed by atoms with Crippen LogP contribution >= 0.6 is 67.8 Å². The minimum Gasteiger partial charge on any atom is -0.479 e. The Balaban J connectivity index is 3.78. The van der Waals surface area contributed by atoms with Crippen molar-refractivity contribution in [2.75, 3.05) is 24.5 Å². The van der Waals surface area contributed by atoms with E-state index in [2.05, 4.69) is 10.6 Å². The number of aliphatic hydroxyl groups is 3. The van der Waals surface area contributed by atoms with Crippen LogP contribution in [0.25, 0.3) is 0 Å². The molecule has 0 aliphatic rings. The maximum absolute atomic E-state index is 13.0. The van der Waals surface area contributed by atoms with Crippen molar-refractivity contribution in [2.45, 2.75) is 25.2 Å². The van der Waals surface area contributed by atoms with Crippen LogP contribution in [0.5, 0.6) is 0 Å². The van der Waals surface area contributed by atoms with E-state index in [0.717, 1.165) is 11.8 Å². The average molecular weight is 863 g/mol. The van der Waals surface area contributed by atoms with Gasteiger partial charge in [0.15, 0.2) is 18.3 Å². The van der Waals surface area contributed by atoms with Crippen LogP contribution in [0.4, 0.5) is 5.69 Å². The molecule has 204 valence electrons. The molecule has 1 rings (SSSR count). The lowest BCUT2D eigenvalue weighted by atomic mass is 10.1. The highest BCUT2D eigenvalue weighted by Gasteiger charge is 2.33. The number of benzene rings is 1. The van der Waals surface area contributed by atoms with Crippen LogP contribution in [0.1, 0.15) is 27.6 Å². The van der Waals surface area contributed by atoms with Gasteiger partial charge in [-0.1, -0.05) is 0 Å². The summed E-state index contributed by atoms with van der Waals surface area (Å²) >= 11 is 4.92. The molecule has 3 unspecified atom stereocenters. The molecular weight excluding hydrogens is 843 g/mol. The van der Waals surface area contributed by atoms with Crippen LogP contribution in [0.15, 0.2) is 0 Å². The maximum Gasteiger partial charge on any atom is 0.334 e. The summed E-state index contributed by atoms with van der Waals surface area (Å²) in [6.07, 6.45) is -5.95. The van der Waals surface area contributed by atoms with Crippen LogP contribution in [-0.2, 0) is 19.2 Å². The van der Waals surface area contributed by atoms with Gasteiger partial charge < -0.3 is 46.2 Å². The summed E-state index contributed by atoms with van der Waals surface area (Å²) in [6.45, 7) is -1.16. The Labute approximate surface area is 249 Å². The van der Waals surface area contributed by atoms with Gasteiger partial charge in [-0.25, -0.2) is 14.4 Å². The molecular formula is C19H20I3N3O12. The van der Waals surface area contributed by atoms with Crippen molar-refractivity contribution in [2.24, 2.45) is 0 Å². The molecule has 15 nitrogen and oxygen atoms in total. The Morgan fingerprint density at radius 3 is 1.35 bits per heavy atom. The molecule has 0 saturated carbocycles. The Morgan fingerprint density at radius 1 is 0.703 bits per heavy atom. The molecule has 3 atom stereocenters. The lowest BCUT2D eigenvalue weighted by Crippen LogP contribution is -2.42. The van der Waals surface area contributed by atoms with Crippen molar-refractivity contribution in [1.29, 1.82) is 0 Å². The highest BCUT2D eigenvalue weighted by Crippen LogP contribution is 2.38. The molecule has 0 aliphatic carbocycles. The van der Waals surface area contributed by atoms with E-state index >= 15 is 0 Å². The Hall–Kier alpha value is -1.89. The number of carbonyl (C=O) groups excluding carboxylic acids is 3. The lowest BCUT2D eigenvalue weighted by Gasteiger charge is -2.28. The van der Waals surface area contributed by atoms with Gasteiger partial charge in [-0.15, -0.1) is 0 Å². The molecule has 1 aromatic rings. The van der Waals surface area contributed by atoms with Gasteiger partial charge in [0.2, 0.25) is 5.91 Å². The zero-order chi connectivity index (χ0) is 28.8. The zero-order valence-electron chi connectivity index (χ0n) is 18.6. The molecule has 37 heavy (non-hydrogen) atoms. The number of nitrogens with zero attached hydrogens (tertiary/aromatic N) is 1. The van der Waals surface area contributed by atoms with E-state index in [9.17, 15) is 44.1 Å². The van der Waals surface area contributed by atoms with Crippen molar-refractivity contribution < 1.29 is 59.4 Å². The van der Waals surface area contributed by atoms with Crippen LogP contribution in [0.3, 0.4) is 0 Å². The summed E-state index contributed by atoms with van der Waals surface area (Å²) in [5, 5.41) is 60.0. The van der Waals surface area contributed by atoms with Gasteiger partial charge >= 0.3 is 17.9 Å². The molecule has 3 amide bonds. The van der Waals surface area contributed by atoms with Crippen molar-refractivity contribution in [3.05, 3.63) is 21.8 Å². The van der Waals surface area contributed by atoms with E-state index in [1.54, 1.807) is 67.8 Å². The molecule has 8 N–H and O–H groups in total. The van der Waals surface area contributed by atoms with Gasteiger partial charge in [-0.05, 0) is 67.8 Å². The standard InChI is InChI=1S/C19H20I3N3O12/c1-5(26)25(4-8(29)19(36)37)14-12(21)9(15(30)23-2-6(27)17(32)33)11(20)10(13(14)22)16(31)24-3-7(28)18(34)35/h6-8,27-29H,2-4H2,1H3,(H,23,30)(H,24,31)(H,32,33)(H,34,35)(H,36,37). The first-order valence-electron chi connectivity index (χ1n) is 9.80. The van der Waals surface area contributed by atoms with Crippen molar-refractivity contribution >= 4 is 109 Å². The van der Waals surface area contributed by atoms with Crippen molar-refractivity contribution in [3.63, 3.8) is 0 Å². The maximum atomic E-state index is 13.0. The first-order valence-corrected chi connectivity index (χ1v) is 13.0. The minimum absolute atomic E-state index is 0.0172. The largest absolute Gasteiger partial charge is 0.479 e. The van der Waals surface area contributed by atoms with Crippen LogP contribution in [0.2, 0.25) is 0 Å². The summed E-state index contributed by atoms with van der Waals surface area (Å²) in [5.41, 5.74) is -0.648. The van der Waals surface area contributed by atoms with E-state index in [4.69, 9.17) is 15.3 Å². The Kier molecular flexibility index (Phi) is 12.8. The van der Waals surface area contributed by atoms with Crippen LogP contribution in [0, 0.1) is 10.7 Å². The molecule has 0 aliphatic heterocycles. The third-order valence-electron chi connectivity index (χ3n) is 4.52. The molecule has 18 heteroatoms. The second-order valence-corrected chi connectivity index (χ2v) is 10.4. The van der Waals surface area contributed by atoms with Gasteiger partial charge in [-0.2, -0.15) is 0 Å². The van der Waals surface area contributed by atoms with E-state index in [1.807, 2.05) is 0 Å². The highest BCUT2D eigenvalue weighted by molar-refractivity contribution is 14.1. The number of aliphatic hydroxyl groups excluding tert-OH is 3. The summed E-state index contributed by atoms with van der Waals surface area (Å²) in [4.78, 5) is 72.3. The van der Waals surface area contributed by atoms with E-state index < -0.39 is 73.6 Å². The number of amides is 3. The minimum atomic E-state index is -2.04. The number of aliphatic carboxylic acids is 3. The van der Waals surface area contributed by atoms with Gasteiger partial charge in [0, 0.05) is 10.5 Å². The number of carboxylic acid groups (broad SMARTS) is 3. The van der Waals surface area contributed by atoms with Crippen LogP contribution in [-0.4, -0.2) is 104 Å². The summed E-state index contributed by atoms with van der Waals surface area (Å²) in [6, 6.07) is 0. The average Bonchev–Trinajstić information content (AvgIpc) is 2.79. The predicted molar refractivity (Wildman–Crippen MR) is 148 cm³/mol. The monoisotopic (exact) mass is 863 g/mol. The third kappa shape index (κ3) is 8.56. The van der Waals surface area contributed by atoms with E-state index in [-0.39, 0.29) is 27.5 Å². The van der Waals surface area contributed by atoms with Crippen LogP contribution < -0.4 is 15.5 Å². The number of anilines is 1. The Bertz CT molecular complexity index is 1070. The fraction of sp³-hybridized carbons (Fsp3) is 0.368. The summed E-state index contributed by atoms with van der Waals surface area (Å²) in [7, 11) is 0. The number of hydrogen-bond donors (Lipinski definition) is 8. The third-order valence-corrected chi connectivity index (χ3v) is 7.70.